The number of hydrogen-bond acceptors (Lipinski definition) is 1. The van der Waals surface area contributed by atoms with Gasteiger partial charge in [-0.3, -0.25) is 0 Å². The Hall–Kier alpha value is -0.0400. The summed E-state index contributed by atoms with van der Waals surface area (Å²) in [7, 11) is 1.81. The molecule has 62 valence electrons. The van der Waals surface area contributed by atoms with Gasteiger partial charge in [-0.15, -0.1) is 0 Å². The molecule has 10 heavy (non-hydrogen) atoms. The van der Waals surface area contributed by atoms with Gasteiger partial charge >= 0.3 is 0 Å². The lowest BCUT2D eigenvalue weighted by molar-refractivity contribution is 0.0775. The van der Waals surface area contributed by atoms with E-state index in [1.807, 2.05) is 21.0 Å². The van der Waals surface area contributed by atoms with Gasteiger partial charge in [-0.1, -0.05) is 27.2 Å². The lowest BCUT2D eigenvalue weighted by Crippen LogP contribution is -2.12. The van der Waals surface area contributed by atoms with Crippen molar-refractivity contribution in [1.29, 1.82) is 0 Å². The highest BCUT2D eigenvalue weighted by Gasteiger charge is 2.21. The summed E-state index contributed by atoms with van der Waals surface area (Å²) in [5, 5.41) is 0. The average Bonchev–Trinajstić information content (AvgIpc) is 2.39. The summed E-state index contributed by atoms with van der Waals surface area (Å²) in [6.45, 7) is 6.27. The summed E-state index contributed by atoms with van der Waals surface area (Å²) in [5.74, 6) is 0.806. The van der Waals surface area contributed by atoms with Crippen molar-refractivity contribution in [3.8, 4) is 0 Å². The smallest absolute Gasteiger partial charge is 0.0596 e. The first kappa shape index (κ1) is 9.96. The predicted octanol–water partition coefficient (Wildman–Crippen LogP) is 2.85. The highest BCUT2D eigenvalue weighted by molar-refractivity contribution is 4.73. The average molecular weight is 144 g/mol. The maximum absolute atomic E-state index is 5.22. The van der Waals surface area contributed by atoms with Crippen molar-refractivity contribution >= 4 is 0 Å². The third-order valence-electron chi connectivity index (χ3n) is 2.09. The Morgan fingerprint density at radius 3 is 2.00 bits per heavy atom. The number of methoxy groups -OCH3 is 1. The third kappa shape index (κ3) is 2.70. The molecule has 1 heteroatoms. The molecule has 1 aliphatic carbocycles. The van der Waals surface area contributed by atoms with Gasteiger partial charge in [-0.25, -0.2) is 0 Å². The molecule has 0 radical (unpaired) electrons. The largest absolute Gasteiger partial charge is 0.381 e. The molecule has 0 amide bonds. The molecular weight excluding hydrogens is 124 g/mol. The van der Waals surface area contributed by atoms with Gasteiger partial charge in [-0.05, 0) is 18.8 Å². The van der Waals surface area contributed by atoms with E-state index in [9.17, 15) is 0 Å². The van der Waals surface area contributed by atoms with Gasteiger partial charge in [0.2, 0.25) is 0 Å². The quantitative estimate of drug-likeness (QED) is 0.550. The molecule has 2 atom stereocenters. The first-order valence-corrected chi connectivity index (χ1v) is 4.37. The Morgan fingerprint density at radius 2 is 1.80 bits per heavy atom. The summed E-state index contributed by atoms with van der Waals surface area (Å²) in [6, 6.07) is 0. The van der Waals surface area contributed by atoms with Gasteiger partial charge in [0.25, 0.3) is 0 Å². The molecule has 1 saturated carbocycles. The molecule has 0 saturated heterocycles. The van der Waals surface area contributed by atoms with Crippen LogP contribution in [0.15, 0.2) is 0 Å². The van der Waals surface area contributed by atoms with Crippen LogP contribution in [0.5, 0.6) is 0 Å². The molecule has 1 aliphatic rings. The highest BCUT2D eigenvalue weighted by Crippen LogP contribution is 2.26. The minimum Gasteiger partial charge on any atom is -0.381 e. The molecule has 0 aromatic rings. The summed E-state index contributed by atoms with van der Waals surface area (Å²) in [6.07, 6.45) is 4.56. The molecule has 1 rings (SSSR count). The molecule has 0 aromatic carbocycles. The van der Waals surface area contributed by atoms with E-state index in [0.717, 1.165) is 5.92 Å². The first-order chi connectivity index (χ1) is 4.84. The van der Waals surface area contributed by atoms with Crippen LogP contribution in [0, 0.1) is 5.92 Å². The van der Waals surface area contributed by atoms with Crippen molar-refractivity contribution in [3.63, 3.8) is 0 Å². The van der Waals surface area contributed by atoms with Crippen molar-refractivity contribution in [2.45, 2.75) is 46.1 Å². The van der Waals surface area contributed by atoms with Crippen LogP contribution in [0.1, 0.15) is 40.0 Å². The Bertz CT molecular complexity index is 71.1. The molecule has 0 spiro atoms. The third-order valence-corrected chi connectivity index (χ3v) is 2.09. The minimum atomic E-state index is 0.565. The normalized spacial score (nSPS) is 31.2. The minimum absolute atomic E-state index is 0.565. The molecule has 0 heterocycles. The molecule has 1 fully saturated rings. The van der Waals surface area contributed by atoms with E-state index in [-0.39, 0.29) is 0 Å². The van der Waals surface area contributed by atoms with Gasteiger partial charge in [0, 0.05) is 7.11 Å². The molecule has 1 nitrogen and oxygen atoms in total. The van der Waals surface area contributed by atoms with Crippen LogP contribution in [-0.4, -0.2) is 13.2 Å². The van der Waals surface area contributed by atoms with Crippen molar-refractivity contribution in [3.05, 3.63) is 0 Å². The number of hydrogen-bond donors (Lipinski definition) is 0. The molecule has 2 unspecified atom stereocenters. The molecule has 0 aromatic heterocycles. The van der Waals surface area contributed by atoms with E-state index < -0.39 is 0 Å². The highest BCUT2D eigenvalue weighted by atomic mass is 16.5. The monoisotopic (exact) mass is 144 g/mol. The fourth-order valence-electron chi connectivity index (χ4n) is 1.46. The summed E-state index contributed by atoms with van der Waals surface area (Å²) >= 11 is 0. The van der Waals surface area contributed by atoms with Gasteiger partial charge in [-0.2, -0.15) is 0 Å². The Morgan fingerprint density at radius 1 is 1.20 bits per heavy atom. The van der Waals surface area contributed by atoms with E-state index in [0.29, 0.717) is 6.10 Å². The van der Waals surface area contributed by atoms with E-state index in [2.05, 4.69) is 6.92 Å². The fourth-order valence-corrected chi connectivity index (χ4v) is 1.46. The van der Waals surface area contributed by atoms with Crippen LogP contribution in [0.4, 0.5) is 0 Å². The zero-order valence-electron chi connectivity index (χ0n) is 7.68. The summed E-state index contributed by atoms with van der Waals surface area (Å²) < 4.78 is 5.22. The van der Waals surface area contributed by atoms with E-state index in [1.54, 1.807) is 0 Å². The van der Waals surface area contributed by atoms with Crippen molar-refractivity contribution in [2.75, 3.05) is 7.11 Å². The lowest BCUT2D eigenvalue weighted by atomic mass is 10.1. The maximum Gasteiger partial charge on any atom is 0.0596 e. The van der Waals surface area contributed by atoms with Crippen LogP contribution in [0.25, 0.3) is 0 Å². The molecule has 0 aliphatic heterocycles. The fraction of sp³-hybridized carbons (Fsp3) is 1.00. The topological polar surface area (TPSA) is 9.23 Å². The van der Waals surface area contributed by atoms with Gasteiger partial charge in [0.05, 0.1) is 6.10 Å². The van der Waals surface area contributed by atoms with Crippen molar-refractivity contribution in [1.82, 2.24) is 0 Å². The Kier molecular flexibility index (Phi) is 5.70. The van der Waals surface area contributed by atoms with Crippen LogP contribution >= 0.6 is 0 Å². The molecule has 0 bridgehead atoms. The molecular formula is C9H20O. The van der Waals surface area contributed by atoms with E-state index in [1.165, 1.54) is 19.3 Å². The van der Waals surface area contributed by atoms with Gasteiger partial charge < -0.3 is 4.74 Å². The van der Waals surface area contributed by atoms with E-state index in [4.69, 9.17) is 4.74 Å². The van der Waals surface area contributed by atoms with Crippen LogP contribution < -0.4 is 0 Å². The zero-order chi connectivity index (χ0) is 7.98. The Balaban J connectivity index is 0.000000371. The van der Waals surface area contributed by atoms with Gasteiger partial charge in [0.15, 0.2) is 0 Å². The Labute approximate surface area is 64.8 Å². The zero-order valence-corrected chi connectivity index (χ0v) is 7.68. The number of ether oxygens (including phenoxy) is 1. The van der Waals surface area contributed by atoms with Gasteiger partial charge in [0.1, 0.15) is 0 Å². The number of rotatable bonds is 1. The summed E-state index contributed by atoms with van der Waals surface area (Å²) in [5.41, 5.74) is 0. The van der Waals surface area contributed by atoms with Crippen LogP contribution in [-0.2, 0) is 4.74 Å². The lowest BCUT2D eigenvalue weighted by Gasteiger charge is -2.11. The van der Waals surface area contributed by atoms with Crippen molar-refractivity contribution < 1.29 is 4.74 Å². The molecule has 0 N–H and O–H groups in total. The standard InChI is InChI=1S/C7H14O.C2H6/c1-6-4-3-5-7(6)8-2;1-2/h6-7H,3-5H2,1-2H3;1-2H3. The first-order valence-electron chi connectivity index (χ1n) is 4.37. The summed E-state index contributed by atoms with van der Waals surface area (Å²) in [4.78, 5) is 0. The maximum atomic E-state index is 5.22. The second-order valence-corrected chi connectivity index (χ2v) is 2.68. The van der Waals surface area contributed by atoms with Crippen LogP contribution in [0.3, 0.4) is 0 Å². The second kappa shape index (κ2) is 5.72. The predicted molar refractivity (Wildman–Crippen MR) is 45.2 cm³/mol. The van der Waals surface area contributed by atoms with E-state index >= 15 is 0 Å². The van der Waals surface area contributed by atoms with Crippen LogP contribution in [0.2, 0.25) is 0 Å². The van der Waals surface area contributed by atoms with Crippen molar-refractivity contribution in [2.24, 2.45) is 5.92 Å². The SMILES string of the molecule is CC.COC1CCCC1C. The second-order valence-electron chi connectivity index (χ2n) is 2.68.